The van der Waals surface area contributed by atoms with Gasteiger partial charge in [-0.15, -0.1) is 35.3 Å². The number of rotatable bonds is 5. The van der Waals surface area contributed by atoms with Gasteiger partial charge in [0.2, 0.25) is 0 Å². The zero-order valence-electron chi connectivity index (χ0n) is 11.2. The third kappa shape index (κ3) is 7.31. The lowest BCUT2D eigenvalue weighted by atomic mass is 10.4. The predicted octanol–water partition coefficient (Wildman–Crippen LogP) is 1.30. The summed E-state index contributed by atoms with van der Waals surface area (Å²) in [5, 5.41) is 7.16. The fraction of sp³-hybridized carbons (Fsp3) is 0.545. The van der Waals surface area contributed by atoms with Crippen molar-refractivity contribution in [3.8, 4) is 0 Å². The minimum Gasteiger partial charge on any atom is -0.469 e. The molecule has 0 aliphatic rings. The molecule has 1 rings (SSSR count). The molecular formula is C11H19IN4O2S. The molecule has 0 atom stereocenters. The molecule has 108 valence electrons. The minimum absolute atomic E-state index is 0. The number of nitrogens with one attached hydrogen (secondary N) is 2. The molecule has 0 radical (unpaired) electrons. The van der Waals surface area contributed by atoms with E-state index in [0.29, 0.717) is 25.5 Å². The van der Waals surface area contributed by atoms with Gasteiger partial charge in [0.05, 0.1) is 20.1 Å². The van der Waals surface area contributed by atoms with Crippen LogP contribution in [0.4, 0.5) is 0 Å². The summed E-state index contributed by atoms with van der Waals surface area (Å²) in [5.74, 6) is 0.403. The van der Waals surface area contributed by atoms with Crippen LogP contribution in [0.1, 0.15) is 16.3 Å². The molecule has 1 aromatic rings. The first-order valence-electron chi connectivity index (χ1n) is 5.58. The fourth-order valence-electron chi connectivity index (χ4n) is 1.25. The number of thiazole rings is 1. The molecule has 2 N–H and O–H groups in total. The molecule has 0 fully saturated rings. The standard InChI is InChI=1S/C11H18N4O2S.HI/c1-8-6-14-9(18-8)7-15-11(12-2)13-5-4-10(16)17-3;/h6H,4-5,7H2,1-3H3,(H2,12,13,15);1H. The van der Waals surface area contributed by atoms with Crippen LogP contribution in [-0.4, -0.2) is 37.6 Å². The molecule has 0 amide bonds. The van der Waals surface area contributed by atoms with Crippen LogP contribution in [0.2, 0.25) is 0 Å². The lowest BCUT2D eigenvalue weighted by Gasteiger charge is -2.09. The van der Waals surface area contributed by atoms with Gasteiger partial charge in [0.25, 0.3) is 0 Å². The summed E-state index contributed by atoms with van der Waals surface area (Å²) in [5.41, 5.74) is 0. The molecule has 0 saturated heterocycles. The number of guanidine groups is 1. The molecule has 0 spiro atoms. The Kier molecular flexibility index (Phi) is 9.48. The second-order valence-corrected chi connectivity index (χ2v) is 4.86. The molecule has 1 heterocycles. The number of methoxy groups -OCH3 is 1. The van der Waals surface area contributed by atoms with Crippen molar-refractivity contribution < 1.29 is 9.53 Å². The molecule has 0 aromatic carbocycles. The van der Waals surface area contributed by atoms with Crippen molar-refractivity contribution in [1.29, 1.82) is 0 Å². The normalized spacial score (nSPS) is 10.6. The number of ether oxygens (including phenoxy) is 1. The van der Waals surface area contributed by atoms with Crippen molar-refractivity contribution in [3.63, 3.8) is 0 Å². The largest absolute Gasteiger partial charge is 0.469 e. The SMILES string of the molecule is CN=C(NCCC(=O)OC)NCc1ncc(C)s1.I. The van der Waals surface area contributed by atoms with Crippen LogP contribution in [0, 0.1) is 6.92 Å². The van der Waals surface area contributed by atoms with Gasteiger partial charge in [0.1, 0.15) is 5.01 Å². The zero-order chi connectivity index (χ0) is 13.4. The minimum atomic E-state index is -0.242. The summed E-state index contributed by atoms with van der Waals surface area (Å²) in [6, 6.07) is 0. The maximum Gasteiger partial charge on any atom is 0.307 e. The van der Waals surface area contributed by atoms with Gasteiger partial charge in [0, 0.05) is 24.7 Å². The van der Waals surface area contributed by atoms with Crippen molar-refractivity contribution in [1.82, 2.24) is 15.6 Å². The van der Waals surface area contributed by atoms with Crippen LogP contribution >= 0.6 is 35.3 Å². The van der Waals surface area contributed by atoms with E-state index in [0.717, 1.165) is 5.01 Å². The maximum atomic E-state index is 10.9. The van der Waals surface area contributed by atoms with Gasteiger partial charge in [-0.2, -0.15) is 0 Å². The van der Waals surface area contributed by atoms with Crippen LogP contribution in [-0.2, 0) is 16.1 Å². The Morgan fingerprint density at radius 2 is 2.26 bits per heavy atom. The highest BCUT2D eigenvalue weighted by Gasteiger charge is 2.03. The first-order valence-corrected chi connectivity index (χ1v) is 6.40. The number of esters is 1. The molecule has 6 nitrogen and oxygen atoms in total. The van der Waals surface area contributed by atoms with Gasteiger partial charge >= 0.3 is 5.97 Å². The summed E-state index contributed by atoms with van der Waals surface area (Å²) in [6.07, 6.45) is 2.16. The number of carbonyl (C=O) groups is 1. The van der Waals surface area contributed by atoms with Crippen molar-refractivity contribution in [2.24, 2.45) is 4.99 Å². The number of halogens is 1. The maximum absolute atomic E-state index is 10.9. The van der Waals surface area contributed by atoms with E-state index >= 15 is 0 Å². The van der Waals surface area contributed by atoms with E-state index in [1.54, 1.807) is 18.4 Å². The Balaban J connectivity index is 0.00000324. The molecule has 1 aromatic heterocycles. The molecule has 0 aliphatic carbocycles. The second-order valence-electron chi connectivity index (χ2n) is 3.54. The number of aromatic nitrogens is 1. The Hall–Kier alpha value is -0.900. The van der Waals surface area contributed by atoms with Crippen molar-refractivity contribution >= 4 is 47.2 Å². The van der Waals surface area contributed by atoms with E-state index in [2.05, 4.69) is 25.3 Å². The van der Waals surface area contributed by atoms with Gasteiger partial charge in [0.15, 0.2) is 5.96 Å². The summed E-state index contributed by atoms with van der Waals surface area (Å²) in [7, 11) is 3.06. The number of hydrogen-bond donors (Lipinski definition) is 2. The summed E-state index contributed by atoms with van der Waals surface area (Å²) >= 11 is 1.64. The van der Waals surface area contributed by atoms with Gasteiger partial charge in [-0.1, -0.05) is 0 Å². The van der Waals surface area contributed by atoms with E-state index < -0.39 is 0 Å². The average molecular weight is 398 g/mol. The summed E-state index contributed by atoms with van der Waals surface area (Å²) in [4.78, 5) is 20.4. The molecule has 0 bridgehead atoms. The van der Waals surface area contributed by atoms with Crippen LogP contribution < -0.4 is 10.6 Å². The number of aliphatic imine (C=N–C) groups is 1. The summed E-state index contributed by atoms with van der Waals surface area (Å²) < 4.78 is 4.55. The Bertz CT molecular complexity index is 423. The second kappa shape index (κ2) is 9.96. The van der Waals surface area contributed by atoms with E-state index in [4.69, 9.17) is 0 Å². The third-order valence-electron chi connectivity index (χ3n) is 2.15. The van der Waals surface area contributed by atoms with E-state index in [1.807, 2.05) is 13.1 Å². The number of nitrogens with zero attached hydrogens (tertiary/aromatic N) is 2. The number of aryl methyl sites for hydroxylation is 1. The third-order valence-corrected chi connectivity index (χ3v) is 3.06. The lowest BCUT2D eigenvalue weighted by molar-refractivity contribution is -0.140. The van der Waals surface area contributed by atoms with Crippen LogP contribution in [0.25, 0.3) is 0 Å². The summed E-state index contributed by atoms with van der Waals surface area (Å²) in [6.45, 7) is 3.13. The smallest absolute Gasteiger partial charge is 0.307 e. The Labute approximate surface area is 134 Å². The van der Waals surface area contributed by atoms with Crippen molar-refractivity contribution in [2.45, 2.75) is 19.9 Å². The quantitative estimate of drug-likeness (QED) is 0.339. The number of carbonyl (C=O) groups excluding carboxylic acids is 1. The van der Waals surface area contributed by atoms with Crippen LogP contribution in [0.3, 0.4) is 0 Å². The fourth-order valence-corrected chi connectivity index (χ4v) is 1.97. The first kappa shape index (κ1) is 18.1. The van der Waals surface area contributed by atoms with Crippen molar-refractivity contribution in [2.75, 3.05) is 20.7 Å². The Morgan fingerprint density at radius 1 is 1.53 bits per heavy atom. The van der Waals surface area contributed by atoms with Crippen molar-refractivity contribution in [3.05, 3.63) is 16.1 Å². The average Bonchev–Trinajstić information content (AvgIpc) is 2.79. The monoisotopic (exact) mass is 398 g/mol. The van der Waals surface area contributed by atoms with Gasteiger partial charge in [-0.3, -0.25) is 9.79 Å². The Morgan fingerprint density at radius 3 is 2.79 bits per heavy atom. The first-order chi connectivity index (χ1) is 8.65. The van der Waals surface area contributed by atoms with E-state index in [1.165, 1.54) is 12.0 Å². The van der Waals surface area contributed by atoms with Crippen LogP contribution in [0.15, 0.2) is 11.2 Å². The molecule has 19 heavy (non-hydrogen) atoms. The van der Waals surface area contributed by atoms with Crippen LogP contribution in [0.5, 0.6) is 0 Å². The van der Waals surface area contributed by atoms with E-state index in [9.17, 15) is 4.79 Å². The zero-order valence-corrected chi connectivity index (χ0v) is 14.4. The highest BCUT2D eigenvalue weighted by Crippen LogP contribution is 2.10. The lowest BCUT2D eigenvalue weighted by Crippen LogP contribution is -2.37. The number of hydrogen-bond acceptors (Lipinski definition) is 5. The topological polar surface area (TPSA) is 75.6 Å². The highest BCUT2D eigenvalue weighted by atomic mass is 127. The molecule has 8 heteroatoms. The molecule has 0 unspecified atom stereocenters. The van der Waals surface area contributed by atoms with Gasteiger partial charge in [-0.25, -0.2) is 4.98 Å². The van der Waals surface area contributed by atoms with Gasteiger partial charge in [-0.05, 0) is 6.92 Å². The highest BCUT2D eigenvalue weighted by molar-refractivity contribution is 14.0. The molecule has 0 saturated carbocycles. The predicted molar refractivity (Wildman–Crippen MR) is 87.1 cm³/mol. The molecular weight excluding hydrogens is 379 g/mol. The van der Waals surface area contributed by atoms with E-state index in [-0.39, 0.29) is 29.9 Å². The van der Waals surface area contributed by atoms with Gasteiger partial charge < -0.3 is 15.4 Å². The molecule has 0 aliphatic heterocycles.